The molecule has 6 N–H and O–H groups in total. The van der Waals surface area contributed by atoms with Crippen molar-refractivity contribution in [3.05, 3.63) is 30.3 Å². The van der Waals surface area contributed by atoms with Crippen molar-refractivity contribution in [2.24, 2.45) is 27.3 Å². The molecule has 1 aromatic carbocycles. The number of hydrogen-bond acceptors (Lipinski definition) is 2. The predicted molar refractivity (Wildman–Crippen MR) is 62.2 cm³/mol. The van der Waals surface area contributed by atoms with E-state index in [-0.39, 0.29) is 11.9 Å². The summed E-state index contributed by atoms with van der Waals surface area (Å²) in [5, 5.41) is 3.73. The first-order chi connectivity index (χ1) is 7.09. The molecule has 1 aromatic rings. The Morgan fingerprint density at radius 2 is 1.73 bits per heavy atom. The Morgan fingerprint density at radius 1 is 1.13 bits per heavy atom. The average molecular weight is 227 g/mol. The fraction of sp³-hybridized carbons (Fsp3) is 0. The normalized spacial score (nSPS) is 10.9. The van der Waals surface area contributed by atoms with Gasteiger partial charge in [0.05, 0.1) is 5.69 Å². The summed E-state index contributed by atoms with van der Waals surface area (Å²) >= 11 is 5.80. The largest absolute Gasteiger partial charge is 0.370 e. The number of hydrogen-bond donors (Lipinski definition) is 3. The number of nitrogens with two attached hydrogens (primary N) is 3. The lowest BCUT2D eigenvalue weighted by atomic mass is 10.3. The molecule has 0 saturated carbocycles. The Morgan fingerprint density at radius 3 is 2.27 bits per heavy atom. The Bertz CT molecular complexity index is 370. The first kappa shape index (κ1) is 11.1. The Balaban J connectivity index is 2.79. The lowest BCUT2D eigenvalue weighted by molar-refractivity contribution is 1.16. The SMILES string of the molecule is NC(N)=NC(N)=NN(Cl)c1ccccc1. The molecule has 1 rings (SSSR count). The van der Waals surface area contributed by atoms with E-state index in [9.17, 15) is 0 Å². The van der Waals surface area contributed by atoms with Crippen LogP contribution in [0.25, 0.3) is 0 Å². The summed E-state index contributed by atoms with van der Waals surface area (Å²) in [5.74, 6) is -0.289. The van der Waals surface area contributed by atoms with Crippen LogP contribution in [0.5, 0.6) is 0 Å². The van der Waals surface area contributed by atoms with Gasteiger partial charge in [-0.15, -0.1) is 5.10 Å². The van der Waals surface area contributed by atoms with Crippen LogP contribution < -0.4 is 21.7 Å². The number of hydrazone groups is 1. The number of halogens is 1. The molecule has 0 aliphatic heterocycles. The van der Waals surface area contributed by atoms with E-state index in [0.29, 0.717) is 5.69 Å². The Kier molecular flexibility index (Phi) is 3.75. The molecule has 0 unspecified atom stereocenters. The van der Waals surface area contributed by atoms with Crippen LogP contribution >= 0.6 is 11.8 Å². The maximum absolute atomic E-state index is 5.80. The monoisotopic (exact) mass is 226 g/mol. The molecule has 0 saturated heterocycles. The summed E-state index contributed by atoms with van der Waals surface area (Å²) in [6, 6.07) is 9.02. The number of para-hydroxylation sites is 1. The predicted octanol–water partition coefficient (Wildman–Crippen LogP) is 0.150. The van der Waals surface area contributed by atoms with Gasteiger partial charge in [0.25, 0.3) is 0 Å². The highest BCUT2D eigenvalue weighted by Crippen LogP contribution is 2.15. The summed E-state index contributed by atoms with van der Waals surface area (Å²) in [7, 11) is 0. The van der Waals surface area contributed by atoms with Gasteiger partial charge in [-0.1, -0.05) is 18.2 Å². The number of guanidine groups is 2. The molecule has 0 heterocycles. The molecule has 0 fully saturated rings. The van der Waals surface area contributed by atoms with Crippen LogP contribution in [0, 0.1) is 0 Å². The zero-order chi connectivity index (χ0) is 11.3. The van der Waals surface area contributed by atoms with E-state index < -0.39 is 0 Å². The van der Waals surface area contributed by atoms with Crippen LogP contribution in [-0.4, -0.2) is 11.9 Å². The molecule has 7 heteroatoms. The summed E-state index contributed by atoms with van der Waals surface area (Å²) in [6.07, 6.45) is 0. The van der Waals surface area contributed by atoms with Crippen LogP contribution in [0.4, 0.5) is 5.69 Å². The summed E-state index contributed by atoms with van der Waals surface area (Å²) in [6.45, 7) is 0. The molecule has 0 atom stereocenters. The molecule has 6 nitrogen and oxygen atoms in total. The quantitative estimate of drug-likeness (QED) is 0.289. The number of nitrogens with zero attached hydrogens (tertiary/aromatic N) is 3. The van der Waals surface area contributed by atoms with Crippen molar-refractivity contribution in [2.75, 3.05) is 4.53 Å². The minimum Gasteiger partial charge on any atom is -0.370 e. The van der Waals surface area contributed by atoms with Gasteiger partial charge < -0.3 is 17.2 Å². The molecular formula is C8H11ClN6. The zero-order valence-corrected chi connectivity index (χ0v) is 8.59. The lowest BCUT2D eigenvalue weighted by Crippen LogP contribution is -2.27. The minimum absolute atomic E-state index is 0.117. The van der Waals surface area contributed by atoms with Crippen LogP contribution in [0.2, 0.25) is 0 Å². The second kappa shape index (κ2) is 5.06. The molecule has 0 aliphatic rings. The van der Waals surface area contributed by atoms with E-state index in [1.165, 1.54) is 0 Å². The van der Waals surface area contributed by atoms with E-state index in [0.717, 1.165) is 4.53 Å². The number of benzene rings is 1. The van der Waals surface area contributed by atoms with Gasteiger partial charge in [0.2, 0.25) is 5.96 Å². The van der Waals surface area contributed by atoms with Gasteiger partial charge in [0, 0.05) is 11.8 Å². The molecule has 0 spiro atoms. The van der Waals surface area contributed by atoms with Gasteiger partial charge in [-0.25, -0.2) is 0 Å². The fourth-order valence-corrected chi connectivity index (χ4v) is 1.04. The zero-order valence-electron chi connectivity index (χ0n) is 7.84. The standard InChI is InChI=1S/C8H11ClN6/c9-15(6-4-2-1-3-5-6)14-8(12)13-7(10)11/h1-5H,(H6,10,11,12,13,14). The first-order valence-corrected chi connectivity index (χ1v) is 4.38. The second-order valence-electron chi connectivity index (χ2n) is 2.59. The van der Waals surface area contributed by atoms with Gasteiger partial charge in [0.15, 0.2) is 5.96 Å². The van der Waals surface area contributed by atoms with Gasteiger partial charge in [-0.05, 0) is 12.1 Å². The molecule has 80 valence electrons. The molecule has 0 radical (unpaired) electrons. The molecule has 0 aliphatic carbocycles. The van der Waals surface area contributed by atoms with Crippen molar-refractivity contribution in [1.82, 2.24) is 0 Å². The fourth-order valence-electron chi connectivity index (χ4n) is 0.853. The van der Waals surface area contributed by atoms with Gasteiger partial charge in [-0.3, -0.25) is 0 Å². The number of rotatable bonds is 2. The smallest absolute Gasteiger partial charge is 0.242 e. The number of aliphatic imine (C=N–C) groups is 1. The van der Waals surface area contributed by atoms with Crippen molar-refractivity contribution in [2.45, 2.75) is 0 Å². The third-order valence-corrected chi connectivity index (χ3v) is 1.67. The summed E-state index contributed by atoms with van der Waals surface area (Å²) < 4.78 is 1.06. The van der Waals surface area contributed by atoms with E-state index in [4.69, 9.17) is 29.0 Å². The van der Waals surface area contributed by atoms with Crippen LogP contribution in [0.15, 0.2) is 40.4 Å². The first-order valence-electron chi connectivity index (χ1n) is 4.04. The van der Waals surface area contributed by atoms with Gasteiger partial charge >= 0.3 is 0 Å². The third kappa shape index (κ3) is 3.74. The van der Waals surface area contributed by atoms with Crippen molar-refractivity contribution in [1.29, 1.82) is 0 Å². The van der Waals surface area contributed by atoms with E-state index >= 15 is 0 Å². The topological polar surface area (TPSA) is 106 Å². The van der Waals surface area contributed by atoms with Crippen molar-refractivity contribution in [3.8, 4) is 0 Å². The Hall–Kier alpha value is -1.95. The van der Waals surface area contributed by atoms with E-state index in [1.54, 1.807) is 12.1 Å². The Labute approximate surface area is 92.1 Å². The lowest BCUT2D eigenvalue weighted by Gasteiger charge is -2.08. The number of anilines is 1. The maximum atomic E-state index is 5.80. The highest BCUT2D eigenvalue weighted by Gasteiger charge is 2.00. The highest BCUT2D eigenvalue weighted by molar-refractivity contribution is 6.25. The summed E-state index contributed by atoms with van der Waals surface area (Å²) in [5.41, 5.74) is 16.3. The van der Waals surface area contributed by atoms with Crippen LogP contribution in [-0.2, 0) is 0 Å². The molecule has 0 amide bonds. The average Bonchev–Trinajstić information content (AvgIpc) is 2.17. The van der Waals surface area contributed by atoms with Crippen LogP contribution in [0.3, 0.4) is 0 Å². The molecule has 15 heavy (non-hydrogen) atoms. The van der Waals surface area contributed by atoms with E-state index in [2.05, 4.69) is 10.1 Å². The second-order valence-corrected chi connectivity index (χ2v) is 2.91. The minimum atomic E-state index is -0.172. The third-order valence-electron chi connectivity index (χ3n) is 1.40. The van der Waals surface area contributed by atoms with Crippen molar-refractivity contribution in [3.63, 3.8) is 0 Å². The highest BCUT2D eigenvalue weighted by atomic mass is 35.5. The van der Waals surface area contributed by atoms with Gasteiger partial charge in [-0.2, -0.15) is 9.52 Å². The van der Waals surface area contributed by atoms with Crippen LogP contribution in [0.1, 0.15) is 0 Å². The summed E-state index contributed by atoms with van der Waals surface area (Å²) in [4.78, 5) is 3.52. The molecule has 0 aromatic heterocycles. The van der Waals surface area contributed by atoms with E-state index in [1.807, 2.05) is 18.2 Å². The van der Waals surface area contributed by atoms with Crippen molar-refractivity contribution < 1.29 is 0 Å². The van der Waals surface area contributed by atoms with Gasteiger partial charge in [0.1, 0.15) is 0 Å². The molecular weight excluding hydrogens is 216 g/mol. The maximum Gasteiger partial charge on any atom is 0.242 e. The molecule has 0 bridgehead atoms. The van der Waals surface area contributed by atoms with Crippen molar-refractivity contribution >= 4 is 29.4 Å².